The molecule has 2 amide bonds. The van der Waals surface area contributed by atoms with E-state index in [1.54, 1.807) is 30.5 Å². The number of aromatic nitrogens is 1. The van der Waals surface area contributed by atoms with Crippen LogP contribution in [0.1, 0.15) is 11.3 Å². The molecule has 0 radical (unpaired) electrons. The van der Waals surface area contributed by atoms with Crippen LogP contribution in [0.4, 0.5) is 5.69 Å². The molecule has 0 spiro atoms. The molecular weight excluding hydrogens is 334 g/mol. The summed E-state index contributed by atoms with van der Waals surface area (Å²) in [6, 6.07) is 10.8. The highest BCUT2D eigenvalue weighted by molar-refractivity contribution is 9.10. The molecule has 0 aliphatic carbocycles. The van der Waals surface area contributed by atoms with Crippen molar-refractivity contribution in [2.24, 2.45) is 0 Å². The van der Waals surface area contributed by atoms with Crippen LogP contribution < -0.4 is 10.6 Å². The number of anilines is 1. The fourth-order valence-corrected chi connectivity index (χ4v) is 2.18. The number of benzene rings is 1. The quantitative estimate of drug-likeness (QED) is 0.837. The van der Waals surface area contributed by atoms with Gasteiger partial charge in [0.05, 0.1) is 12.2 Å². The third kappa shape index (κ3) is 4.39. The zero-order valence-corrected chi connectivity index (χ0v) is 13.0. The summed E-state index contributed by atoms with van der Waals surface area (Å²) in [6.07, 6.45) is 1.63. The first-order valence-corrected chi connectivity index (χ1v) is 7.11. The van der Waals surface area contributed by atoms with Gasteiger partial charge in [-0.3, -0.25) is 14.6 Å². The van der Waals surface area contributed by atoms with Crippen molar-refractivity contribution in [1.29, 1.82) is 0 Å². The fourth-order valence-electron chi connectivity index (χ4n) is 1.70. The van der Waals surface area contributed by atoms with Gasteiger partial charge in [-0.1, -0.05) is 22.0 Å². The predicted octanol–water partition coefficient (Wildman–Crippen LogP) is 2.41. The topological polar surface area (TPSA) is 71.1 Å². The fraction of sp³-hybridized carbons (Fsp3) is 0.133. The van der Waals surface area contributed by atoms with Crippen molar-refractivity contribution in [2.45, 2.75) is 13.5 Å². The molecule has 0 unspecified atom stereocenters. The van der Waals surface area contributed by atoms with Crippen molar-refractivity contribution < 1.29 is 9.59 Å². The van der Waals surface area contributed by atoms with Crippen LogP contribution in [0.15, 0.2) is 47.1 Å². The number of nitrogens with zero attached hydrogens (tertiary/aromatic N) is 1. The molecule has 1 heterocycles. The number of amides is 2. The van der Waals surface area contributed by atoms with E-state index in [0.717, 1.165) is 10.0 Å². The Kier molecular flexibility index (Phi) is 5.05. The zero-order valence-electron chi connectivity index (χ0n) is 11.4. The summed E-state index contributed by atoms with van der Waals surface area (Å²) in [6.45, 7) is 2.07. The van der Waals surface area contributed by atoms with Crippen LogP contribution in [0.2, 0.25) is 0 Å². The molecule has 21 heavy (non-hydrogen) atoms. The molecule has 0 fully saturated rings. The minimum Gasteiger partial charge on any atom is -0.342 e. The molecule has 2 aromatic rings. The van der Waals surface area contributed by atoms with Crippen molar-refractivity contribution in [3.8, 4) is 0 Å². The summed E-state index contributed by atoms with van der Waals surface area (Å²) in [5.74, 6) is -1.39. The first-order valence-electron chi connectivity index (χ1n) is 6.31. The van der Waals surface area contributed by atoms with Gasteiger partial charge in [0.1, 0.15) is 0 Å². The van der Waals surface area contributed by atoms with E-state index in [4.69, 9.17) is 0 Å². The number of hydrogen-bond donors (Lipinski definition) is 2. The Hall–Kier alpha value is -2.21. The second kappa shape index (κ2) is 6.99. The Morgan fingerprint density at radius 1 is 1.19 bits per heavy atom. The normalized spacial score (nSPS) is 10.0. The zero-order chi connectivity index (χ0) is 15.2. The highest BCUT2D eigenvalue weighted by Crippen LogP contribution is 2.19. The maximum atomic E-state index is 11.8. The molecule has 0 saturated carbocycles. The summed E-state index contributed by atoms with van der Waals surface area (Å²) in [7, 11) is 0. The number of pyridine rings is 1. The average molecular weight is 348 g/mol. The molecular formula is C15H14BrN3O2. The molecule has 0 bridgehead atoms. The molecule has 108 valence electrons. The minimum absolute atomic E-state index is 0.215. The maximum absolute atomic E-state index is 11.8. The minimum atomic E-state index is -0.698. The van der Waals surface area contributed by atoms with Crippen molar-refractivity contribution in [1.82, 2.24) is 10.3 Å². The van der Waals surface area contributed by atoms with E-state index in [0.29, 0.717) is 11.4 Å². The third-order valence-corrected chi connectivity index (χ3v) is 3.29. The second-order valence-corrected chi connectivity index (χ2v) is 5.33. The number of rotatable bonds is 3. The molecule has 0 saturated heterocycles. The Balaban J connectivity index is 1.92. The molecule has 5 nitrogen and oxygen atoms in total. The molecule has 6 heteroatoms. The van der Waals surface area contributed by atoms with Crippen LogP contribution >= 0.6 is 15.9 Å². The summed E-state index contributed by atoms with van der Waals surface area (Å²) >= 11 is 3.34. The van der Waals surface area contributed by atoms with E-state index in [-0.39, 0.29) is 6.54 Å². The highest BCUT2D eigenvalue weighted by atomic mass is 79.9. The van der Waals surface area contributed by atoms with Gasteiger partial charge in [-0.25, -0.2) is 0 Å². The molecule has 2 N–H and O–H groups in total. The van der Waals surface area contributed by atoms with Gasteiger partial charge >= 0.3 is 11.8 Å². The molecule has 0 aliphatic rings. The smallest absolute Gasteiger partial charge is 0.313 e. The van der Waals surface area contributed by atoms with Crippen LogP contribution in [-0.4, -0.2) is 16.8 Å². The predicted molar refractivity (Wildman–Crippen MR) is 83.6 cm³/mol. The molecule has 2 rings (SSSR count). The van der Waals surface area contributed by atoms with Gasteiger partial charge in [0.2, 0.25) is 0 Å². The van der Waals surface area contributed by atoms with Crippen molar-refractivity contribution in [2.75, 3.05) is 5.32 Å². The lowest BCUT2D eigenvalue weighted by Gasteiger charge is -2.09. The lowest BCUT2D eigenvalue weighted by Crippen LogP contribution is -2.35. The number of carbonyl (C=O) groups excluding carboxylic acids is 2. The third-order valence-electron chi connectivity index (χ3n) is 2.80. The number of halogens is 1. The van der Waals surface area contributed by atoms with Crippen molar-refractivity contribution in [3.63, 3.8) is 0 Å². The van der Waals surface area contributed by atoms with E-state index in [9.17, 15) is 9.59 Å². The first-order chi connectivity index (χ1) is 10.1. The maximum Gasteiger partial charge on any atom is 0.313 e. The van der Waals surface area contributed by atoms with Gasteiger partial charge in [-0.15, -0.1) is 0 Å². The van der Waals surface area contributed by atoms with Crippen LogP contribution in [-0.2, 0) is 16.1 Å². The van der Waals surface area contributed by atoms with E-state index >= 15 is 0 Å². The molecule has 1 aromatic heterocycles. The van der Waals surface area contributed by atoms with Crippen LogP contribution in [0.3, 0.4) is 0 Å². The number of nitrogens with one attached hydrogen (secondary N) is 2. The molecule has 0 aliphatic heterocycles. The average Bonchev–Trinajstić information content (AvgIpc) is 2.48. The van der Waals surface area contributed by atoms with Gasteiger partial charge in [0, 0.05) is 16.4 Å². The van der Waals surface area contributed by atoms with Gasteiger partial charge in [-0.05, 0) is 42.8 Å². The van der Waals surface area contributed by atoms with Crippen LogP contribution in [0, 0.1) is 6.92 Å². The number of hydrogen-bond acceptors (Lipinski definition) is 3. The standard InChI is InChI=1S/C15H14BrN3O2/c1-10-8-11(16)5-6-13(10)19-15(21)14(20)18-9-12-4-2-3-7-17-12/h2-8H,9H2,1H3,(H,18,20)(H,19,21). The largest absolute Gasteiger partial charge is 0.342 e. The Bertz CT molecular complexity index is 659. The van der Waals surface area contributed by atoms with Gasteiger partial charge < -0.3 is 10.6 Å². The van der Waals surface area contributed by atoms with E-state index in [1.807, 2.05) is 19.1 Å². The molecule has 0 atom stereocenters. The van der Waals surface area contributed by atoms with E-state index < -0.39 is 11.8 Å². The molecule has 1 aromatic carbocycles. The highest BCUT2D eigenvalue weighted by Gasteiger charge is 2.14. The summed E-state index contributed by atoms with van der Waals surface area (Å²) in [4.78, 5) is 27.6. The summed E-state index contributed by atoms with van der Waals surface area (Å²) < 4.78 is 0.914. The number of aryl methyl sites for hydroxylation is 1. The SMILES string of the molecule is Cc1cc(Br)ccc1NC(=O)C(=O)NCc1ccccn1. The van der Waals surface area contributed by atoms with Gasteiger partial charge in [0.15, 0.2) is 0 Å². The number of carbonyl (C=O) groups is 2. The van der Waals surface area contributed by atoms with Gasteiger partial charge in [0.25, 0.3) is 0 Å². The summed E-state index contributed by atoms with van der Waals surface area (Å²) in [5, 5.41) is 5.11. The monoisotopic (exact) mass is 347 g/mol. The first kappa shape index (κ1) is 15.2. The van der Waals surface area contributed by atoms with E-state index in [2.05, 4.69) is 31.5 Å². The lowest BCUT2D eigenvalue weighted by molar-refractivity contribution is -0.136. The van der Waals surface area contributed by atoms with Crippen LogP contribution in [0.5, 0.6) is 0 Å². The Morgan fingerprint density at radius 2 is 2.00 bits per heavy atom. The lowest BCUT2D eigenvalue weighted by atomic mass is 10.2. The van der Waals surface area contributed by atoms with Gasteiger partial charge in [-0.2, -0.15) is 0 Å². The second-order valence-electron chi connectivity index (χ2n) is 4.42. The van der Waals surface area contributed by atoms with E-state index in [1.165, 1.54) is 0 Å². The summed E-state index contributed by atoms with van der Waals surface area (Å²) in [5.41, 5.74) is 2.17. The Morgan fingerprint density at radius 3 is 2.67 bits per heavy atom. The van der Waals surface area contributed by atoms with Crippen molar-refractivity contribution >= 4 is 33.4 Å². The Labute approximate surface area is 130 Å². The van der Waals surface area contributed by atoms with Crippen LogP contribution in [0.25, 0.3) is 0 Å². The van der Waals surface area contributed by atoms with Crippen molar-refractivity contribution in [3.05, 3.63) is 58.3 Å².